The predicted octanol–water partition coefficient (Wildman–Crippen LogP) is 5.54. The Bertz CT molecular complexity index is 1950. The van der Waals surface area contributed by atoms with E-state index >= 15 is 8.78 Å². The van der Waals surface area contributed by atoms with Gasteiger partial charge < -0.3 is 29.3 Å². The first-order valence-corrected chi connectivity index (χ1v) is 17.2. The highest BCUT2D eigenvalue weighted by atomic mass is 19.4. The van der Waals surface area contributed by atoms with Crippen molar-refractivity contribution in [1.82, 2.24) is 19.5 Å². The quantitative estimate of drug-likeness (QED) is 0.246. The van der Waals surface area contributed by atoms with Crippen LogP contribution in [0.1, 0.15) is 60.0 Å². The van der Waals surface area contributed by atoms with Crippen molar-refractivity contribution in [2.24, 2.45) is 0 Å². The third kappa shape index (κ3) is 7.00. The van der Waals surface area contributed by atoms with Gasteiger partial charge in [-0.25, -0.2) is 13.6 Å². The highest BCUT2D eigenvalue weighted by molar-refractivity contribution is 5.94. The van der Waals surface area contributed by atoms with Crippen LogP contribution >= 0.6 is 0 Å². The minimum atomic E-state index is -4.57. The van der Waals surface area contributed by atoms with Crippen molar-refractivity contribution < 1.29 is 31.9 Å². The van der Waals surface area contributed by atoms with Gasteiger partial charge in [-0.2, -0.15) is 28.1 Å². The molecule has 0 saturated carbocycles. The van der Waals surface area contributed by atoms with Crippen molar-refractivity contribution in [2.45, 2.75) is 51.2 Å². The maximum absolute atomic E-state index is 16.6. The van der Waals surface area contributed by atoms with Crippen molar-refractivity contribution in [2.75, 3.05) is 72.0 Å². The number of aromatic carboxylic acids is 1. The Morgan fingerprint density at radius 3 is 1.71 bits per heavy atom. The number of halogens is 5. The third-order valence-electron chi connectivity index (χ3n) is 9.85. The van der Waals surface area contributed by atoms with Crippen LogP contribution in [-0.2, 0) is 12.7 Å². The van der Waals surface area contributed by atoms with Crippen molar-refractivity contribution in [3.05, 3.63) is 75.1 Å². The lowest BCUT2D eigenvalue weighted by atomic mass is 10.1. The fourth-order valence-electron chi connectivity index (χ4n) is 7.12. The number of carboxylic acid groups (broad SMARTS) is 1. The number of aromatic nitrogens is 4. The molecule has 4 aromatic rings. The largest absolute Gasteiger partial charge is 0.477 e. The number of pyridine rings is 1. The standard InChI is InChI=1S/C35H37F5N8O3/c36-26-19-24-28(48(21-25(30(24)49)31(50)51)20-22-7-9-23(10-8-22)35(38,39)40)27(37)29(26)44-15-17-47(18-16-44)34-42-32(45-11-3-1-4-12-45)41-33(43-34)46-13-5-2-6-14-46/h7-10,19,21H,1-6,11-18,20H2,(H,50,51). The van der Waals surface area contributed by atoms with Crippen LogP contribution in [0, 0.1) is 11.6 Å². The molecule has 2 aromatic carbocycles. The second-order valence-electron chi connectivity index (χ2n) is 13.2. The summed E-state index contributed by atoms with van der Waals surface area (Å²) in [7, 11) is 0. The van der Waals surface area contributed by atoms with Crippen molar-refractivity contribution in [1.29, 1.82) is 0 Å². The van der Waals surface area contributed by atoms with E-state index in [0.717, 1.165) is 93.7 Å². The van der Waals surface area contributed by atoms with Crippen molar-refractivity contribution >= 4 is 40.4 Å². The van der Waals surface area contributed by atoms with Crippen molar-refractivity contribution in [3.63, 3.8) is 0 Å². The van der Waals surface area contributed by atoms with Crippen LogP contribution in [0.5, 0.6) is 0 Å². The fourth-order valence-corrected chi connectivity index (χ4v) is 7.12. The van der Waals surface area contributed by atoms with Gasteiger partial charge >= 0.3 is 12.1 Å². The zero-order valence-corrected chi connectivity index (χ0v) is 27.8. The number of anilines is 4. The summed E-state index contributed by atoms with van der Waals surface area (Å²) >= 11 is 0. The lowest BCUT2D eigenvalue weighted by Gasteiger charge is -2.37. The average molecular weight is 713 g/mol. The molecule has 5 heterocycles. The second-order valence-corrected chi connectivity index (χ2v) is 13.2. The first-order chi connectivity index (χ1) is 24.5. The number of rotatable bonds is 7. The normalized spacial score (nSPS) is 17.4. The minimum Gasteiger partial charge on any atom is -0.477 e. The first-order valence-electron chi connectivity index (χ1n) is 17.2. The maximum Gasteiger partial charge on any atom is 0.416 e. The van der Waals surface area contributed by atoms with Crippen LogP contribution in [0.2, 0.25) is 0 Å². The number of piperidine rings is 2. The van der Waals surface area contributed by atoms with Gasteiger partial charge in [-0.15, -0.1) is 0 Å². The fraction of sp³-hybridized carbons (Fsp3) is 0.457. The van der Waals surface area contributed by atoms with E-state index in [1.807, 2.05) is 4.90 Å². The molecule has 3 fully saturated rings. The molecule has 11 nitrogen and oxygen atoms in total. The molecule has 0 bridgehead atoms. The Hall–Kier alpha value is -5.02. The maximum atomic E-state index is 16.6. The van der Waals surface area contributed by atoms with Gasteiger partial charge in [0.1, 0.15) is 17.1 Å². The lowest BCUT2D eigenvalue weighted by Crippen LogP contribution is -2.48. The molecule has 3 aliphatic heterocycles. The van der Waals surface area contributed by atoms with Gasteiger partial charge in [0.25, 0.3) is 0 Å². The molecule has 0 unspecified atom stereocenters. The van der Waals surface area contributed by atoms with Crippen LogP contribution in [0.3, 0.4) is 0 Å². The zero-order chi connectivity index (χ0) is 35.9. The molecular weight excluding hydrogens is 675 g/mol. The van der Waals surface area contributed by atoms with Gasteiger partial charge in [-0.3, -0.25) is 4.79 Å². The average Bonchev–Trinajstić information content (AvgIpc) is 3.13. The van der Waals surface area contributed by atoms with Gasteiger partial charge in [0.2, 0.25) is 23.3 Å². The number of benzene rings is 2. The number of carboxylic acids is 1. The van der Waals surface area contributed by atoms with E-state index < -0.39 is 45.7 Å². The zero-order valence-electron chi connectivity index (χ0n) is 27.8. The summed E-state index contributed by atoms with van der Waals surface area (Å²) < 4.78 is 72.9. The van der Waals surface area contributed by atoms with Crippen LogP contribution in [0.4, 0.5) is 45.5 Å². The number of fused-ring (bicyclic) bond motifs is 1. The van der Waals surface area contributed by atoms with Crippen LogP contribution in [0.15, 0.2) is 41.3 Å². The van der Waals surface area contributed by atoms with E-state index in [0.29, 0.717) is 30.9 Å². The number of carbonyl (C=O) groups is 1. The second kappa shape index (κ2) is 13.9. The van der Waals surface area contributed by atoms with Crippen LogP contribution in [0.25, 0.3) is 10.9 Å². The number of nitrogens with zero attached hydrogens (tertiary/aromatic N) is 8. The predicted molar refractivity (Wildman–Crippen MR) is 182 cm³/mol. The molecule has 1 N–H and O–H groups in total. The topological polar surface area (TPSA) is 111 Å². The Morgan fingerprint density at radius 1 is 0.725 bits per heavy atom. The molecule has 3 saturated heterocycles. The molecule has 0 spiro atoms. The summed E-state index contributed by atoms with van der Waals surface area (Å²) in [6, 6.07) is 4.92. The molecule has 0 aliphatic carbocycles. The Kier molecular flexibility index (Phi) is 9.42. The number of piperazine rings is 1. The monoisotopic (exact) mass is 712 g/mol. The van der Waals surface area contributed by atoms with Crippen LogP contribution < -0.4 is 25.0 Å². The highest BCUT2D eigenvalue weighted by Gasteiger charge is 2.31. The summed E-state index contributed by atoms with van der Waals surface area (Å²) in [5.74, 6) is -1.96. The van der Waals surface area contributed by atoms with Gasteiger partial charge in [-0.1, -0.05) is 12.1 Å². The summed E-state index contributed by atoms with van der Waals surface area (Å²) in [4.78, 5) is 47.4. The molecule has 0 atom stereocenters. The van der Waals surface area contributed by atoms with Gasteiger partial charge in [0.15, 0.2) is 5.82 Å². The molecule has 270 valence electrons. The summed E-state index contributed by atoms with van der Waals surface area (Å²) in [6.07, 6.45) is 2.89. The Morgan fingerprint density at radius 2 is 1.22 bits per heavy atom. The van der Waals surface area contributed by atoms with E-state index in [2.05, 4.69) is 9.80 Å². The van der Waals surface area contributed by atoms with Crippen LogP contribution in [-0.4, -0.2) is 83.0 Å². The molecule has 0 amide bonds. The number of alkyl halides is 3. The SMILES string of the molecule is O=C(O)c1cn(Cc2ccc(C(F)(F)F)cc2)c2c(F)c(N3CCN(c4nc(N5CCCCC5)nc(N5CCCCC5)n4)CC3)c(F)cc2c1=O. The lowest BCUT2D eigenvalue weighted by molar-refractivity contribution is -0.137. The number of hydrogen-bond donors (Lipinski definition) is 1. The molecule has 51 heavy (non-hydrogen) atoms. The van der Waals surface area contributed by atoms with Crippen molar-refractivity contribution in [3.8, 4) is 0 Å². The van der Waals surface area contributed by atoms with Gasteiger partial charge in [-0.05, 0) is 62.3 Å². The molecular formula is C35H37F5N8O3. The molecule has 0 radical (unpaired) electrons. The summed E-state index contributed by atoms with van der Waals surface area (Å²) in [5, 5.41) is 9.20. The van der Waals surface area contributed by atoms with E-state index in [1.165, 1.54) is 17.0 Å². The minimum absolute atomic E-state index is 0.180. The van der Waals surface area contributed by atoms with E-state index in [9.17, 15) is 27.9 Å². The molecule has 16 heteroatoms. The van der Waals surface area contributed by atoms with E-state index in [4.69, 9.17) is 15.0 Å². The summed E-state index contributed by atoms with van der Waals surface area (Å²) in [5.41, 5.74) is -3.13. The van der Waals surface area contributed by atoms with Gasteiger partial charge in [0.05, 0.1) is 16.5 Å². The molecule has 3 aliphatic rings. The smallest absolute Gasteiger partial charge is 0.416 e. The van der Waals surface area contributed by atoms with E-state index in [1.54, 1.807) is 0 Å². The highest BCUT2D eigenvalue weighted by Crippen LogP contribution is 2.33. The third-order valence-corrected chi connectivity index (χ3v) is 9.85. The molecule has 7 rings (SSSR count). The number of hydrogen-bond acceptors (Lipinski definition) is 9. The van der Waals surface area contributed by atoms with E-state index in [-0.39, 0.29) is 36.4 Å². The Balaban J connectivity index is 1.20. The first kappa shape index (κ1) is 34.4. The Labute approximate surface area is 289 Å². The van der Waals surface area contributed by atoms with Gasteiger partial charge in [0, 0.05) is 65.1 Å². The summed E-state index contributed by atoms with van der Waals surface area (Å²) in [6.45, 7) is 4.17. The molecule has 2 aromatic heterocycles.